The lowest BCUT2D eigenvalue weighted by Crippen LogP contribution is -2.45. The highest BCUT2D eigenvalue weighted by atomic mass is 35.5. The second kappa shape index (κ2) is 8.26. The van der Waals surface area contributed by atoms with Crippen molar-refractivity contribution in [1.82, 2.24) is 15.5 Å². The van der Waals surface area contributed by atoms with Crippen molar-refractivity contribution in [3.05, 3.63) is 35.4 Å². The molecule has 6 nitrogen and oxygen atoms in total. The average Bonchev–Trinajstić information content (AvgIpc) is 2.88. The summed E-state index contributed by atoms with van der Waals surface area (Å²) in [6.07, 6.45) is 2.67. The predicted molar refractivity (Wildman–Crippen MR) is 91.8 cm³/mol. The van der Waals surface area contributed by atoms with Crippen LogP contribution in [0.2, 0.25) is 0 Å². The first-order valence-corrected chi connectivity index (χ1v) is 8.07. The minimum Gasteiger partial charge on any atom is -0.348 e. The molecule has 130 valence electrons. The zero-order chi connectivity index (χ0) is 16.2. The van der Waals surface area contributed by atoms with Crippen LogP contribution in [-0.2, 0) is 16.1 Å². The Kier molecular flexibility index (Phi) is 6.34. The molecule has 0 radical (unpaired) electrons. The average molecular weight is 352 g/mol. The van der Waals surface area contributed by atoms with Gasteiger partial charge in [0.15, 0.2) is 0 Å². The number of imide groups is 1. The predicted octanol–water partition coefficient (Wildman–Crippen LogP) is 1.24. The fourth-order valence-corrected chi connectivity index (χ4v) is 2.99. The van der Waals surface area contributed by atoms with Crippen LogP contribution in [0.15, 0.2) is 24.3 Å². The Morgan fingerprint density at radius 2 is 1.83 bits per heavy atom. The second-order valence-corrected chi connectivity index (χ2v) is 6.09. The van der Waals surface area contributed by atoms with Gasteiger partial charge >= 0.3 is 0 Å². The largest absolute Gasteiger partial charge is 0.348 e. The number of benzene rings is 1. The number of halogens is 1. The highest BCUT2D eigenvalue weighted by Crippen LogP contribution is 2.16. The van der Waals surface area contributed by atoms with Gasteiger partial charge < -0.3 is 10.6 Å². The molecule has 0 aromatic heterocycles. The van der Waals surface area contributed by atoms with Crippen molar-refractivity contribution in [3.63, 3.8) is 0 Å². The molecule has 0 bridgehead atoms. The Bertz CT molecular complexity index is 596. The monoisotopic (exact) mass is 351 g/mol. The number of carbonyl (C=O) groups is 3. The third-order valence-electron chi connectivity index (χ3n) is 4.34. The molecule has 0 unspecified atom stereocenters. The first kappa shape index (κ1) is 18.4. The van der Waals surface area contributed by atoms with Crippen LogP contribution in [-0.4, -0.2) is 41.8 Å². The maximum Gasteiger partial charge on any atom is 0.251 e. The number of likely N-dealkylation sites (tertiary alicyclic amines) is 1. The van der Waals surface area contributed by atoms with Gasteiger partial charge in [-0.25, -0.2) is 0 Å². The highest BCUT2D eigenvalue weighted by Gasteiger charge is 2.28. The lowest BCUT2D eigenvalue weighted by atomic mass is 10.1. The van der Waals surface area contributed by atoms with Crippen LogP contribution in [0.1, 0.15) is 41.6 Å². The molecule has 3 amide bonds. The molecule has 24 heavy (non-hydrogen) atoms. The summed E-state index contributed by atoms with van der Waals surface area (Å²) < 4.78 is 0. The van der Waals surface area contributed by atoms with Crippen molar-refractivity contribution in [2.75, 3.05) is 13.1 Å². The fraction of sp³-hybridized carbons (Fsp3) is 0.471. The molecular formula is C17H22ClN3O3. The zero-order valence-electron chi connectivity index (χ0n) is 13.4. The molecule has 2 N–H and O–H groups in total. The number of piperidine rings is 1. The van der Waals surface area contributed by atoms with Gasteiger partial charge in [-0.15, -0.1) is 12.4 Å². The molecule has 2 aliphatic rings. The van der Waals surface area contributed by atoms with E-state index in [1.807, 2.05) is 0 Å². The van der Waals surface area contributed by atoms with Crippen molar-refractivity contribution in [2.24, 2.45) is 0 Å². The summed E-state index contributed by atoms with van der Waals surface area (Å²) in [5.41, 5.74) is 1.45. The van der Waals surface area contributed by atoms with E-state index in [9.17, 15) is 14.4 Å². The van der Waals surface area contributed by atoms with E-state index in [0.29, 0.717) is 18.4 Å². The number of nitrogens with one attached hydrogen (secondary N) is 2. The van der Waals surface area contributed by atoms with Crippen LogP contribution < -0.4 is 10.6 Å². The molecule has 1 aromatic rings. The Hall–Kier alpha value is -1.92. The van der Waals surface area contributed by atoms with Gasteiger partial charge in [-0.2, -0.15) is 0 Å². The third kappa shape index (κ3) is 4.33. The molecule has 3 rings (SSSR count). The van der Waals surface area contributed by atoms with Crippen molar-refractivity contribution in [3.8, 4) is 0 Å². The molecule has 0 spiro atoms. The van der Waals surface area contributed by atoms with Gasteiger partial charge in [-0.1, -0.05) is 12.1 Å². The molecule has 1 atom stereocenters. The van der Waals surface area contributed by atoms with Gasteiger partial charge in [0.25, 0.3) is 5.91 Å². The lowest BCUT2D eigenvalue weighted by Gasteiger charge is -2.23. The van der Waals surface area contributed by atoms with Gasteiger partial charge in [0.2, 0.25) is 11.8 Å². The number of hydrogen-bond acceptors (Lipinski definition) is 4. The van der Waals surface area contributed by atoms with E-state index in [4.69, 9.17) is 0 Å². The van der Waals surface area contributed by atoms with Crippen LogP contribution in [0, 0.1) is 0 Å². The van der Waals surface area contributed by atoms with Gasteiger partial charge in [-0.05, 0) is 37.1 Å². The van der Waals surface area contributed by atoms with Gasteiger partial charge in [-0.3, -0.25) is 19.3 Å². The van der Waals surface area contributed by atoms with E-state index >= 15 is 0 Å². The molecule has 7 heteroatoms. The van der Waals surface area contributed by atoms with Crippen LogP contribution in [0.5, 0.6) is 0 Å². The Balaban J connectivity index is 0.00000208. The summed E-state index contributed by atoms with van der Waals surface area (Å²) in [7, 11) is 0. The summed E-state index contributed by atoms with van der Waals surface area (Å²) in [6.45, 7) is 2.10. The van der Waals surface area contributed by atoms with Gasteiger partial charge in [0.1, 0.15) is 0 Å². The third-order valence-corrected chi connectivity index (χ3v) is 4.34. The molecule has 2 saturated heterocycles. The summed E-state index contributed by atoms with van der Waals surface area (Å²) in [5, 5.41) is 6.29. The van der Waals surface area contributed by atoms with E-state index in [-0.39, 0.29) is 42.7 Å². The van der Waals surface area contributed by atoms with Crippen molar-refractivity contribution in [2.45, 2.75) is 38.3 Å². The van der Waals surface area contributed by atoms with E-state index in [0.717, 1.165) is 31.5 Å². The zero-order valence-corrected chi connectivity index (χ0v) is 14.2. The minimum atomic E-state index is -0.124. The molecule has 2 heterocycles. The molecule has 2 fully saturated rings. The van der Waals surface area contributed by atoms with Crippen molar-refractivity contribution < 1.29 is 14.4 Å². The molecular weight excluding hydrogens is 330 g/mol. The Morgan fingerprint density at radius 3 is 2.42 bits per heavy atom. The SMILES string of the molecule is Cl.O=C(N[C@H]1CCCNC1)c1ccc(CN2C(=O)CCC2=O)cc1. The van der Waals surface area contributed by atoms with Crippen molar-refractivity contribution >= 4 is 30.1 Å². The van der Waals surface area contributed by atoms with Crippen molar-refractivity contribution in [1.29, 1.82) is 0 Å². The maximum absolute atomic E-state index is 12.2. The van der Waals surface area contributed by atoms with Gasteiger partial charge in [0.05, 0.1) is 6.54 Å². The van der Waals surface area contributed by atoms with E-state index in [1.165, 1.54) is 4.90 Å². The van der Waals surface area contributed by atoms with Crippen LogP contribution in [0.4, 0.5) is 0 Å². The number of nitrogens with zero attached hydrogens (tertiary/aromatic N) is 1. The first-order valence-electron chi connectivity index (χ1n) is 8.07. The molecule has 0 aliphatic carbocycles. The fourth-order valence-electron chi connectivity index (χ4n) is 2.99. The summed E-state index contributed by atoms with van der Waals surface area (Å²) in [5.74, 6) is -0.332. The van der Waals surface area contributed by atoms with E-state index in [1.54, 1.807) is 24.3 Å². The second-order valence-electron chi connectivity index (χ2n) is 6.09. The summed E-state index contributed by atoms with van der Waals surface area (Å²) in [4.78, 5) is 36.7. The Morgan fingerprint density at radius 1 is 1.17 bits per heavy atom. The number of hydrogen-bond donors (Lipinski definition) is 2. The Labute approximate surface area is 147 Å². The highest BCUT2D eigenvalue weighted by molar-refractivity contribution is 6.01. The number of amides is 3. The van der Waals surface area contributed by atoms with Crippen LogP contribution >= 0.6 is 12.4 Å². The molecule has 0 saturated carbocycles. The number of carbonyl (C=O) groups excluding carboxylic acids is 3. The number of rotatable bonds is 4. The van der Waals surface area contributed by atoms with Crippen LogP contribution in [0.3, 0.4) is 0 Å². The lowest BCUT2D eigenvalue weighted by molar-refractivity contribution is -0.139. The molecule has 1 aromatic carbocycles. The summed E-state index contributed by atoms with van der Waals surface area (Å²) >= 11 is 0. The minimum absolute atomic E-state index is 0. The standard InChI is InChI=1S/C17H21N3O3.ClH/c21-15-7-8-16(22)20(15)11-12-3-5-13(6-4-12)17(23)19-14-2-1-9-18-10-14;/h3-6,14,18H,1-2,7-11H2,(H,19,23);1H/t14-;/m0./s1. The van der Waals surface area contributed by atoms with E-state index < -0.39 is 0 Å². The van der Waals surface area contributed by atoms with Gasteiger partial charge in [0, 0.05) is 31.0 Å². The normalized spacial score (nSPS) is 20.7. The van der Waals surface area contributed by atoms with E-state index in [2.05, 4.69) is 10.6 Å². The summed E-state index contributed by atoms with van der Waals surface area (Å²) in [6, 6.07) is 7.26. The van der Waals surface area contributed by atoms with Crippen LogP contribution in [0.25, 0.3) is 0 Å². The maximum atomic E-state index is 12.2. The quantitative estimate of drug-likeness (QED) is 0.800. The first-order chi connectivity index (χ1) is 11.1. The topological polar surface area (TPSA) is 78.5 Å². The smallest absolute Gasteiger partial charge is 0.251 e. The molecule has 2 aliphatic heterocycles.